The van der Waals surface area contributed by atoms with E-state index in [0.29, 0.717) is 6.42 Å². The topological polar surface area (TPSA) is 104 Å². The summed E-state index contributed by atoms with van der Waals surface area (Å²) in [5, 5.41) is 29.4. The van der Waals surface area contributed by atoms with Gasteiger partial charge < -0.3 is 21.1 Å². The first-order valence-electron chi connectivity index (χ1n) is 10.2. The molecular formula is C20H41NO4. The van der Waals surface area contributed by atoms with Gasteiger partial charge in [0.2, 0.25) is 0 Å². The van der Waals surface area contributed by atoms with E-state index in [9.17, 15) is 20.1 Å². The molecular weight excluding hydrogens is 318 g/mol. The van der Waals surface area contributed by atoms with E-state index in [1.165, 1.54) is 64.7 Å². The Bertz CT molecular complexity index is 325. The highest BCUT2D eigenvalue weighted by molar-refractivity contribution is 5.81. The van der Waals surface area contributed by atoms with Crippen molar-refractivity contribution in [3.8, 4) is 0 Å². The smallest absolute Gasteiger partial charge is 0.159 e. The molecule has 0 aromatic carbocycles. The summed E-state index contributed by atoms with van der Waals surface area (Å²) in [6.45, 7) is 3.46. The van der Waals surface area contributed by atoms with Crippen LogP contribution in [0.2, 0.25) is 0 Å². The molecule has 0 aromatic heterocycles. The molecule has 5 N–H and O–H groups in total. The standard InChI is InChI=1S/C20H41NO4/c1-3-4-5-6-7-8-9-10-11-12-13-14-15-17(23)20(25)18(21)19(24)16(2)22/h17-20,23-25H,3-15,21H2,1-2H3/t17-,18+,19?,20-/m1/s1. The van der Waals surface area contributed by atoms with Crippen molar-refractivity contribution in [2.45, 2.75) is 122 Å². The zero-order valence-electron chi connectivity index (χ0n) is 16.3. The Kier molecular flexibility index (Phi) is 15.4. The lowest BCUT2D eigenvalue weighted by molar-refractivity contribution is -0.129. The fourth-order valence-electron chi connectivity index (χ4n) is 3.08. The minimum Gasteiger partial charge on any atom is -0.390 e. The summed E-state index contributed by atoms with van der Waals surface area (Å²) in [5.41, 5.74) is 5.62. The number of carbonyl (C=O) groups is 1. The Morgan fingerprint density at radius 2 is 1.20 bits per heavy atom. The minimum atomic E-state index is -1.42. The maximum Gasteiger partial charge on any atom is 0.159 e. The fraction of sp³-hybridized carbons (Fsp3) is 0.950. The zero-order chi connectivity index (χ0) is 19.1. The maximum atomic E-state index is 11.1. The van der Waals surface area contributed by atoms with E-state index in [-0.39, 0.29) is 0 Å². The first-order valence-corrected chi connectivity index (χ1v) is 10.2. The first kappa shape index (κ1) is 24.5. The van der Waals surface area contributed by atoms with Gasteiger partial charge in [-0.3, -0.25) is 4.79 Å². The number of aliphatic hydroxyl groups excluding tert-OH is 3. The van der Waals surface area contributed by atoms with Crippen molar-refractivity contribution in [2.75, 3.05) is 0 Å². The van der Waals surface area contributed by atoms with Crippen LogP contribution in [0.3, 0.4) is 0 Å². The van der Waals surface area contributed by atoms with Crippen LogP contribution in [0.4, 0.5) is 0 Å². The number of rotatable bonds is 17. The number of ketones is 1. The second-order valence-corrected chi connectivity index (χ2v) is 7.37. The van der Waals surface area contributed by atoms with E-state index < -0.39 is 30.1 Å². The molecule has 5 heteroatoms. The zero-order valence-corrected chi connectivity index (χ0v) is 16.3. The second kappa shape index (κ2) is 15.7. The third kappa shape index (κ3) is 12.5. The summed E-state index contributed by atoms with van der Waals surface area (Å²) in [6, 6.07) is -1.13. The van der Waals surface area contributed by atoms with Gasteiger partial charge in [0.05, 0.1) is 18.2 Å². The van der Waals surface area contributed by atoms with Crippen LogP contribution < -0.4 is 5.73 Å². The molecule has 5 nitrogen and oxygen atoms in total. The SMILES string of the molecule is CCCCCCCCCCCCCC[C@@H](O)[C@@H](O)[C@@H](N)C(O)C(C)=O. The molecule has 0 saturated carbocycles. The number of hydrogen-bond acceptors (Lipinski definition) is 5. The molecule has 150 valence electrons. The van der Waals surface area contributed by atoms with E-state index in [0.717, 1.165) is 19.3 Å². The molecule has 0 rings (SSSR count). The van der Waals surface area contributed by atoms with Crippen LogP contribution in [-0.4, -0.2) is 45.5 Å². The molecule has 1 unspecified atom stereocenters. The van der Waals surface area contributed by atoms with Gasteiger partial charge in [-0.15, -0.1) is 0 Å². The lowest BCUT2D eigenvalue weighted by atomic mass is 9.95. The van der Waals surface area contributed by atoms with Crippen molar-refractivity contribution in [1.82, 2.24) is 0 Å². The molecule has 0 aliphatic rings. The molecule has 0 radical (unpaired) electrons. The number of carbonyl (C=O) groups excluding carboxylic acids is 1. The number of unbranched alkanes of at least 4 members (excludes halogenated alkanes) is 11. The van der Waals surface area contributed by atoms with Crippen LogP contribution in [-0.2, 0) is 4.79 Å². The van der Waals surface area contributed by atoms with Gasteiger partial charge in [-0.05, 0) is 13.3 Å². The number of hydrogen-bond donors (Lipinski definition) is 4. The third-order valence-corrected chi connectivity index (χ3v) is 4.92. The molecule has 4 atom stereocenters. The number of aliphatic hydroxyl groups is 3. The van der Waals surface area contributed by atoms with Crippen molar-refractivity contribution in [1.29, 1.82) is 0 Å². The average molecular weight is 360 g/mol. The van der Waals surface area contributed by atoms with Crippen molar-refractivity contribution >= 4 is 5.78 Å². The van der Waals surface area contributed by atoms with Gasteiger partial charge in [-0.2, -0.15) is 0 Å². The number of nitrogens with two attached hydrogens (primary N) is 1. The molecule has 0 saturated heterocycles. The summed E-state index contributed by atoms with van der Waals surface area (Å²) in [4.78, 5) is 11.1. The highest BCUT2D eigenvalue weighted by atomic mass is 16.3. The van der Waals surface area contributed by atoms with Gasteiger partial charge in [-0.1, -0.05) is 84.0 Å². The van der Waals surface area contributed by atoms with Crippen LogP contribution in [0, 0.1) is 0 Å². The van der Waals surface area contributed by atoms with Crippen molar-refractivity contribution in [3.63, 3.8) is 0 Å². The molecule has 0 heterocycles. The molecule has 0 fully saturated rings. The van der Waals surface area contributed by atoms with E-state index in [1.54, 1.807) is 0 Å². The lowest BCUT2D eigenvalue weighted by Crippen LogP contribution is -2.52. The predicted molar refractivity (Wildman–Crippen MR) is 102 cm³/mol. The highest BCUT2D eigenvalue weighted by Crippen LogP contribution is 2.14. The maximum absolute atomic E-state index is 11.1. The largest absolute Gasteiger partial charge is 0.390 e. The van der Waals surface area contributed by atoms with E-state index in [4.69, 9.17) is 5.73 Å². The van der Waals surface area contributed by atoms with Crippen LogP contribution in [0.15, 0.2) is 0 Å². The predicted octanol–water partition coefficient (Wildman–Crippen LogP) is 3.08. The molecule has 0 aromatic rings. The Labute approximate surface area is 154 Å². The lowest BCUT2D eigenvalue weighted by Gasteiger charge is -2.26. The Hall–Kier alpha value is -0.490. The van der Waals surface area contributed by atoms with E-state index in [2.05, 4.69) is 6.92 Å². The van der Waals surface area contributed by atoms with Gasteiger partial charge >= 0.3 is 0 Å². The van der Waals surface area contributed by atoms with E-state index >= 15 is 0 Å². The third-order valence-electron chi connectivity index (χ3n) is 4.92. The first-order chi connectivity index (χ1) is 11.9. The molecule has 25 heavy (non-hydrogen) atoms. The van der Waals surface area contributed by atoms with Crippen LogP contribution in [0.1, 0.15) is 97.3 Å². The van der Waals surface area contributed by atoms with Crippen LogP contribution >= 0.6 is 0 Å². The van der Waals surface area contributed by atoms with Gasteiger partial charge in [0.15, 0.2) is 5.78 Å². The van der Waals surface area contributed by atoms with Crippen LogP contribution in [0.5, 0.6) is 0 Å². The van der Waals surface area contributed by atoms with Crippen LogP contribution in [0.25, 0.3) is 0 Å². The summed E-state index contributed by atoms with van der Waals surface area (Å²) in [5.74, 6) is -0.496. The second-order valence-electron chi connectivity index (χ2n) is 7.37. The Morgan fingerprint density at radius 3 is 1.60 bits per heavy atom. The van der Waals surface area contributed by atoms with Gasteiger partial charge in [0.1, 0.15) is 6.10 Å². The van der Waals surface area contributed by atoms with E-state index in [1.807, 2.05) is 0 Å². The number of Topliss-reactive ketones (excluding diaryl/α,β-unsaturated/α-hetero) is 1. The average Bonchev–Trinajstić information content (AvgIpc) is 2.60. The summed E-state index contributed by atoms with van der Waals surface area (Å²) in [6.07, 6.45) is 11.6. The summed E-state index contributed by atoms with van der Waals surface area (Å²) in [7, 11) is 0. The molecule has 0 bridgehead atoms. The fourth-order valence-corrected chi connectivity index (χ4v) is 3.08. The van der Waals surface area contributed by atoms with Crippen molar-refractivity contribution < 1.29 is 20.1 Å². The van der Waals surface area contributed by atoms with Crippen molar-refractivity contribution in [3.05, 3.63) is 0 Å². The monoisotopic (exact) mass is 359 g/mol. The van der Waals surface area contributed by atoms with Gasteiger partial charge in [0.25, 0.3) is 0 Å². The molecule has 0 aliphatic carbocycles. The molecule has 0 spiro atoms. The van der Waals surface area contributed by atoms with Gasteiger partial charge in [0, 0.05) is 0 Å². The normalized spacial score (nSPS) is 16.4. The Balaban J connectivity index is 3.54. The summed E-state index contributed by atoms with van der Waals surface area (Å²) < 4.78 is 0. The van der Waals surface area contributed by atoms with Crippen molar-refractivity contribution in [2.24, 2.45) is 5.73 Å². The molecule has 0 aliphatic heterocycles. The molecule has 0 amide bonds. The minimum absolute atomic E-state index is 0.441. The van der Waals surface area contributed by atoms with Gasteiger partial charge in [-0.25, -0.2) is 0 Å². The quantitative estimate of drug-likeness (QED) is 0.299. The summed E-state index contributed by atoms with van der Waals surface area (Å²) >= 11 is 0. The highest BCUT2D eigenvalue weighted by Gasteiger charge is 2.30. The Morgan fingerprint density at radius 1 is 0.800 bits per heavy atom.